The van der Waals surface area contributed by atoms with Gasteiger partial charge in [-0.25, -0.2) is 0 Å². The van der Waals surface area contributed by atoms with Crippen molar-refractivity contribution >= 4 is 5.69 Å². The quantitative estimate of drug-likeness (QED) is 0.864. The van der Waals surface area contributed by atoms with Crippen LogP contribution in [0.2, 0.25) is 0 Å². The molecule has 1 unspecified atom stereocenters. The van der Waals surface area contributed by atoms with Crippen LogP contribution < -0.4 is 10.6 Å². The van der Waals surface area contributed by atoms with Crippen LogP contribution >= 0.6 is 0 Å². The van der Waals surface area contributed by atoms with Gasteiger partial charge in [0.1, 0.15) is 0 Å². The molecule has 1 aliphatic heterocycles. The van der Waals surface area contributed by atoms with Crippen LogP contribution in [0.4, 0.5) is 5.69 Å². The van der Waals surface area contributed by atoms with Crippen molar-refractivity contribution in [1.82, 2.24) is 0 Å². The SMILES string of the molecule is CC(N)c1ccc2c(c1)CCN2C1CCCCC1. The normalized spacial score (nSPS) is 22.0. The van der Waals surface area contributed by atoms with E-state index in [-0.39, 0.29) is 6.04 Å². The number of hydrogen-bond donors (Lipinski definition) is 1. The summed E-state index contributed by atoms with van der Waals surface area (Å²) in [5, 5.41) is 0. The zero-order chi connectivity index (χ0) is 12.5. The maximum Gasteiger partial charge on any atom is 0.0402 e. The lowest BCUT2D eigenvalue weighted by Gasteiger charge is -2.33. The van der Waals surface area contributed by atoms with E-state index < -0.39 is 0 Å². The molecule has 18 heavy (non-hydrogen) atoms. The Morgan fingerprint density at radius 1 is 1.22 bits per heavy atom. The van der Waals surface area contributed by atoms with E-state index in [1.165, 1.54) is 61.9 Å². The Morgan fingerprint density at radius 2 is 2.00 bits per heavy atom. The first-order chi connectivity index (χ1) is 8.75. The lowest BCUT2D eigenvalue weighted by atomic mass is 9.94. The van der Waals surface area contributed by atoms with Gasteiger partial charge in [0.25, 0.3) is 0 Å². The van der Waals surface area contributed by atoms with Gasteiger partial charge in [-0.3, -0.25) is 0 Å². The highest BCUT2D eigenvalue weighted by Crippen LogP contribution is 2.35. The van der Waals surface area contributed by atoms with Crippen LogP contribution in [0.1, 0.15) is 56.2 Å². The summed E-state index contributed by atoms with van der Waals surface area (Å²) in [6, 6.07) is 7.78. The fourth-order valence-corrected chi connectivity index (χ4v) is 3.50. The second-order valence-corrected chi connectivity index (χ2v) is 5.91. The van der Waals surface area contributed by atoms with Crippen molar-refractivity contribution in [3.05, 3.63) is 29.3 Å². The fraction of sp³-hybridized carbons (Fsp3) is 0.625. The maximum atomic E-state index is 5.97. The van der Waals surface area contributed by atoms with E-state index in [9.17, 15) is 0 Å². The molecule has 2 nitrogen and oxygen atoms in total. The first-order valence-corrected chi connectivity index (χ1v) is 7.41. The van der Waals surface area contributed by atoms with Crippen molar-refractivity contribution < 1.29 is 0 Å². The third-order valence-electron chi connectivity index (χ3n) is 4.58. The summed E-state index contributed by atoms with van der Waals surface area (Å²) in [5.74, 6) is 0. The van der Waals surface area contributed by atoms with Gasteiger partial charge >= 0.3 is 0 Å². The minimum absolute atomic E-state index is 0.152. The smallest absolute Gasteiger partial charge is 0.0402 e. The lowest BCUT2D eigenvalue weighted by Crippen LogP contribution is -2.35. The van der Waals surface area contributed by atoms with Crippen LogP contribution in [-0.2, 0) is 6.42 Å². The first-order valence-electron chi connectivity index (χ1n) is 7.41. The van der Waals surface area contributed by atoms with Crippen molar-refractivity contribution in [2.45, 2.75) is 57.5 Å². The van der Waals surface area contributed by atoms with E-state index in [4.69, 9.17) is 5.73 Å². The van der Waals surface area contributed by atoms with E-state index >= 15 is 0 Å². The Balaban J connectivity index is 1.83. The molecule has 98 valence electrons. The molecule has 1 aliphatic carbocycles. The Labute approximate surface area is 110 Å². The largest absolute Gasteiger partial charge is 0.368 e. The first kappa shape index (κ1) is 12.0. The average molecular weight is 244 g/mol. The van der Waals surface area contributed by atoms with E-state index in [1.54, 1.807) is 0 Å². The number of anilines is 1. The lowest BCUT2D eigenvalue weighted by molar-refractivity contribution is 0.420. The van der Waals surface area contributed by atoms with Crippen molar-refractivity contribution in [2.75, 3.05) is 11.4 Å². The summed E-state index contributed by atoms with van der Waals surface area (Å²) in [6.07, 6.45) is 8.22. The number of benzene rings is 1. The van der Waals surface area contributed by atoms with Gasteiger partial charge in [-0.2, -0.15) is 0 Å². The number of hydrogen-bond acceptors (Lipinski definition) is 2. The molecule has 1 atom stereocenters. The molecule has 2 N–H and O–H groups in total. The van der Waals surface area contributed by atoms with Crippen LogP contribution in [0.3, 0.4) is 0 Å². The molecule has 1 fully saturated rings. The summed E-state index contributed by atoms with van der Waals surface area (Å²) in [6.45, 7) is 3.28. The van der Waals surface area contributed by atoms with Crippen LogP contribution in [0.15, 0.2) is 18.2 Å². The molecule has 2 aliphatic rings. The minimum atomic E-state index is 0.152. The van der Waals surface area contributed by atoms with Gasteiger partial charge in [0.05, 0.1) is 0 Å². The third-order valence-corrected chi connectivity index (χ3v) is 4.58. The Bertz CT molecular complexity index is 419. The zero-order valence-corrected chi connectivity index (χ0v) is 11.4. The van der Waals surface area contributed by atoms with Gasteiger partial charge < -0.3 is 10.6 Å². The number of fused-ring (bicyclic) bond motifs is 1. The zero-order valence-electron chi connectivity index (χ0n) is 11.4. The molecule has 1 heterocycles. The molecule has 1 aromatic carbocycles. The van der Waals surface area contributed by atoms with E-state index in [2.05, 4.69) is 30.0 Å². The number of rotatable bonds is 2. The minimum Gasteiger partial charge on any atom is -0.368 e. The standard InChI is InChI=1S/C16H24N2/c1-12(17)13-7-8-16-14(11-13)9-10-18(16)15-5-3-2-4-6-15/h7-8,11-12,15H,2-6,9-10,17H2,1H3. The van der Waals surface area contributed by atoms with Crippen molar-refractivity contribution in [3.63, 3.8) is 0 Å². The summed E-state index contributed by atoms with van der Waals surface area (Å²) in [7, 11) is 0. The van der Waals surface area contributed by atoms with Crippen molar-refractivity contribution in [2.24, 2.45) is 5.73 Å². The van der Waals surface area contributed by atoms with Gasteiger partial charge in [-0.15, -0.1) is 0 Å². The van der Waals surface area contributed by atoms with E-state index in [0.29, 0.717) is 0 Å². The maximum absolute atomic E-state index is 5.97. The molecule has 2 heteroatoms. The molecule has 0 spiro atoms. The summed E-state index contributed by atoms with van der Waals surface area (Å²) in [5.41, 5.74) is 10.2. The Morgan fingerprint density at radius 3 is 2.72 bits per heavy atom. The second-order valence-electron chi connectivity index (χ2n) is 5.91. The van der Waals surface area contributed by atoms with Crippen LogP contribution in [-0.4, -0.2) is 12.6 Å². The molecular formula is C16H24N2. The predicted octanol–water partition coefficient (Wildman–Crippen LogP) is 3.40. The fourth-order valence-electron chi connectivity index (χ4n) is 3.50. The summed E-state index contributed by atoms with van der Waals surface area (Å²) in [4.78, 5) is 2.65. The molecular weight excluding hydrogens is 220 g/mol. The van der Waals surface area contributed by atoms with E-state index in [0.717, 1.165) is 6.04 Å². The Hall–Kier alpha value is -1.02. The molecule has 0 bridgehead atoms. The monoisotopic (exact) mass is 244 g/mol. The molecule has 1 aromatic rings. The highest BCUT2D eigenvalue weighted by Gasteiger charge is 2.27. The highest BCUT2D eigenvalue weighted by molar-refractivity contribution is 5.60. The molecule has 0 aromatic heterocycles. The second kappa shape index (κ2) is 4.93. The van der Waals surface area contributed by atoms with Gasteiger partial charge in [0.15, 0.2) is 0 Å². The molecule has 0 saturated heterocycles. The van der Waals surface area contributed by atoms with Crippen molar-refractivity contribution in [3.8, 4) is 0 Å². The molecule has 0 amide bonds. The number of nitrogens with zero attached hydrogens (tertiary/aromatic N) is 1. The van der Waals surface area contributed by atoms with Crippen LogP contribution in [0.5, 0.6) is 0 Å². The van der Waals surface area contributed by atoms with Crippen molar-refractivity contribution in [1.29, 1.82) is 0 Å². The Kier molecular flexibility index (Phi) is 3.29. The van der Waals surface area contributed by atoms with Gasteiger partial charge in [-0.1, -0.05) is 31.4 Å². The van der Waals surface area contributed by atoms with Gasteiger partial charge in [0.2, 0.25) is 0 Å². The third kappa shape index (κ3) is 2.14. The highest BCUT2D eigenvalue weighted by atomic mass is 15.2. The molecule has 3 rings (SSSR count). The average Bonchev–Trinajstić information content (AvgIpc) is 2.82. The molecule has 0 radical (unpaired) electrons. The summed E-state index contributed by atoms with van der Waals surface area (Å²) >= 11 is 0. The van der Waals surface area contributed by atoms with Gasteiger partial charge in [-0.05, 0) is 43.4 Å². The summed E-state index contributed by atoms with van der Waals surface area (Å²) < 4.78 is 0. The van der Waals surface area contributed by atoms with E-state index in [1.807, 2.05) is 0 Å². The predicted molar refractivity (Wildman–Crippen MR) is 77.0 cm³/mol. The number of nitrogens with two attached hydrogens (primary N) is 1. The molecule has 1 saturated carbocycles. The topological polar surface area (TPSA) is 29.3 Å². The van der Waals surface area contributed by atoms with Crippen LogP contribution in [0.25, 0.3) is 0 Å². The van der Waals surface area contributed by atoms with Crippen LogP contribution in [0, 0.1) is 0 Å². The van der Waals surface area contributed by atoms with Gasteiger partial charge in [0, 0.05) is 24.3 Å².